The number of carbonyl (C=O) groups excluding carboxylic acids is 2. The largest absolute Gasteiger partial charge is 0.361 e. The summed E-state index contributed by atoms with van der Waals surface area (Å²) in [7, 11) is 0. The first-order valence-electron chi connectivity index (χ1n) is 9.20. The summed E-state index contributed by atoms with van der Waals surface area (Å²) in [4.78, 5) is 26.1. The van der Waals surface area contributed by atoms with Crippen molar-refractivity contribution < 1.29 is 9.59 Å². The number of amides is 2. The normalized spacial score (nSPS) is 15.2. The Balaban J connectivity index is 1.61. The van der Waals surface area contributed by atoms with E-state index in [1.807, 2.05) is 83.8 Å². The van der Waals surface area contributed by atoms with E-state index in [9.17, 15) is 9.59 Å². The molecule has 0 bridgehead atoms. The molecule has 3 aromatic rings. The Morgan fingerprint density at radius 1 is 0.893 bits per heavy atom. The summed E-state index contributed by atoms with van der Waals surface area (Å²) in [6.45, 7) is 2.00. The van der Waals surface area contributed by atoms with Crippen LogP contribution in [-0.4, -0.2) is 16.7 Å². The molecular weight excluding hydrogens is 350 g/mol. The monoisotopic (exact) mass is 371 g/mol. The molecule has 4 rings (SSSR count). The molecule has 0 aromatic heterocycles. The van der Waals surface area contributed by atoms with Gasteiger partial charge in [-0.1, -0.05) is 48.5 Å². The molecule has 1 aliphatic heterocycles. The summed E-state index contributed by atoms with van der Waals surface area (Å²) < 4.78 is 0. The van der Waals surface area contributed by atoms with E-state index in [0.717, 1.165) is 28.1 Å². The molecule has 2 amide bonds. The first-order chi connectivity index (χ1) is 13.6. The maximum absolute atomic E-state index is 13.0. The molecule has 0 aliphatic carbocycles. The zero-order valence-corrected chi connectivity index (χ0v) is 15.6. The number of benzene rings is 3. The van der Waals surface area contributed by atoms with Gasteiger partial charge >= 0.3 is 0 Å². The fraction of sp³-hybridized carbons (Fsp3) is 0.130. The van der Waals surface area contributed by atoms with Crippen molar-refractivity contribution in [3.8, 4) is 0 Å². The van der Waals surface area contributed by atoms with Gasteiger partial charge in [0.2, 0.25) is 5.91 Å². The van der Waals surface area contributed by atoms with Crippen molar-refractivity contribution in [1.29, 1.82) is 0 Å². The van der Waals surface area contributed by atoms with E-state index in [2.05, 4.69) is 10.6 Å². The van der Waals surface area contributed by atoms with Gasteiger partial charge in [-0.2, -0.15) is 0 Å². The maximum Gasteiger partial charge on any atom is 0.256 e. The van der Waals surface area contributed by atoms with Gasteiger partial charge in [0.25, 0.3) is 5.91 Å². The lowest BCUT2D eigenvalue weighted by Gasteiger charge is -2.27. The number of hydrogen-bond donors (Lipinski definition) is 2. The predicted octanol–water partition coefficient (Wildman–Crippen LogP) is 4.41. The van der Waals surface area contributed by atoms with E-state index >= 15 is 0 Å². The van der Waals surface area contributed by atoms with Crippen molar-refractivity contribution >= 4 is 23.2 Å². The maximum atomic E-state index is 13.0. The highest BCUT2D eigenvalue weighted by Crippen LogP contribution is 2.35. The van der Waals surface area contributed by atoms with Crippen molar-refractivity contribution in [2.24, 2.45) is 0 Å². The van der Waals surface area contributed by atoms with Crippen molar-refractivity contribution in [1.82, 2.24) is 4.90 Å². The third-order valence-corrected chi connectivity index (χ3v) is 4.76. The van der Waals surface area contributed by atoms with Gasteiger partial charge in [0, 0.05) is 36.0 Å². The average Bonchev–Trinajstić information content (AvgIpc) is 2.96. The van der Waals surface area contributed by atoms with Crippen LogP contribution in [0, 0.1) is 0 Å². The molecule has 0 saturated carbocycles. The van der Waals surface area contributed by atoms with E-state index < -0.39 is 0 Å². The van der Waals surface area contributed by atoms with E-state index in [1.54, 1.807) is 0 Å². The average molecular weight is 371 g/mol. The lowest BCUT2D eigenvalue weighted by molar-refractivity contribution is -0.114. The first kappa shape index (κ1) is 17.8. The smallest absolute Gasteiger partial charge is 0.256 e. The minimum atomic E-state index is -0.254. The Morgan fingerprint density at radius 2 is 1.54 bits per heavy atom. The summed E-state index contributed by atoms with van der Waals surface area (Å²) in [6.07, 6.45) is -0.254. The standard InChI is InChI=1S/C23H21N3O2/c1-16(27)24-18-11-13-19(14-12-18)25-22-20-9-5-6-10-21(20)23(28)26(22)15-17-7-3-2-4-8-17/h2-14,22,25H,15H2,1H3,(H,24,27). The molecule has 5 nitrogen and oxygen atoms in total. The molecule has 1 aliphatic rings. The quantitative estimate of drug-likeness (QED) is 0.698. The second kappa shape index (κ2) is 7.56. The van der Waals surface area contributed by atoms with Crippen molar-refractivity contribution in [2.75, 3.05) is 10.6 Å². The van der Waals surface area contributed by atoms with Crippen molar-refractivity contribution in [3.05, 3.63) is 95.6 Å². The molecule has 3 aromatic carbocycles. The second-order valence-corrected chi connectivity index (χ2v) is 6.81. The summed E-state index contributed by atoms with van der Waals surface area (Å²) in [5.41, 5.74) is 4.39. The van der Waals surface area contributed by atoms with Gasteiger partial charge in [0.1, 0.15) is 6.17 Å². The van der Waals surface area contributed by atoms with Gasteiger partial charge in [-0.3, -0.25) is 9.59 Å². The highest BCUT2D eigenvalue weighted by Gasteiger charge is 2.36. The van der Waals surface area contributed by atoms with Gasteiger partial charge in [-0.25, -0.2) is 0 Å². The second-order valence-electron chi connectivity index (χ2n) is 6.81. The fourth-order valence-corrected chi connectivity index (χ4v) is 3.48. The molecular formula is C23H21N3O2. The highest BCUT2D eigenvalue weighted by molar-refractivity contribution is 5.99. The zero-order valence-electron chi connectivity index (χ0n) is 15.6. The molecule has 140 valence electrons. The minimum absolute atomic E-state index is 0.0202. The molecule has 0 spiro atoms. The number of anilines is 2. The Morgan fingerprint density at radius 3 is 2.25 bits per heavy atom. The summed E-state index contributed by atoms with van der Waals surface area (Å²) in [5.74, 6) is -0.0862. The van der Waals surface area contributed by atoms with Crippen LogP contribution < -0.4 is 10.6 Å². The molecule has 1 unspecified atom stereocenters. The van der Waals surface area contributed by atoms with Crippen LogP contribution in [0.15, 0.2) is 78.9 Å². The van der Waals surface area contributed by atoms with E-state index in [4.69, 9.17) is 0 Å². The van der Waals surface area contributed by atoms with Crippen LogP contribution >= 0.6 is 0 Å². The topological polar surface area (TPSA) is 61.4 Å². The van der Waals surface area contributed by atoms with Gasteiger partial charge in [0.15, 0.2) is 0 Å². The van der Waals surface area contributed by atoms with Crippen LogP contribution in [0.4, 0.5) is 11.4 Å². The summed E-state index contributed by atoms with van der Waals surface area (Å²) in [5, 5.41) is 6.23. The Hall–Kier alpha value is -3.60. The molecule has 2 N–H and O–H groups in total. The van der Waals surface area contributed by atoms with E-state index in [-0.39, 0.29) is 18.0 Å². The van der Waals surface area contributed by atoms with Crippen LogP contribution in [-0.2, 0) is 11.3 Å². The molecule has 1 atom stereocenters. The molecule has 28 heavy (non-hydrogen) atoms. The third-order valence-electron chi connectivity index (χ3n) is 4.76. The summed E-state index contributed by atoms with van der Waals surface area (Å²) >= 11 is 0. The number of fused-ring (bicyclic) bond motifs is 1. The van der Waals surface area contributed by atoms with Gasteiger partial charge in [-0.05, 0) is 35.9 Å². The fourth-order valence-electron chi connectivity index (χ4n) is 3.48. The highest BCUT2D eigenvalue weighted by atomic mass is 16.2. The van der Waals surface area contributed by atoms with Crippen LogP contribution in [0.3, 0.4) is 0 Å². The first-order valence-corrected chi connectivity index (χ1v) is 9.20. The lowest BCUT2D eigenvalue weighted by Crippen LogP contribution is -2.31. The Labute approximate surface area is 164 Å². The molecule has 0 radical (unpaired) electrons. The Kier molecular flexibility index (Phi) is 4.81. The lowest BCUT2D eigenvalue weighted by atomic mass is 10.1. The van der Waals surface area contributed by atoms with Crippen molar-refractivity contribution in [2.45, 2.75) is 19.6 Å². The van der Waals surface area contributed by atoms with Gasteiger partial charge < -0.3 is 15.5 Å². The van der Waals surface area contributed by atoms with Crippen molar-refractivity contribution in [3.63, 3.8) is 0 Å². The van der Waals surface area contributed by atoms with Crippen LogP contribution in [0.25, 0.3) is 0 Å². The number of nitrogens with zero attached hydrogens (tertiary/aromatic N) is 1. The number of rotatable bonds is 5. The van der Waals surface area contributed by atoms with Gasteiger partial charge in [-0.15, -0.1) is 0 Å². The number of hydrogen-bond acceptors (Lipinski definition) is 3. The van der Waals surface area contributed by atoms with Crippen LogP contribution in [0.2, 0.25) is 0 Å². The molecule has 1 heterocycles. The predicted molar refractivity (Wildman–Crippen MR) is 110 cm³/mol. The van der Waals surface area contributed by atoms with E-state index in [0.29, 0.717) is 6.54 Å². The molecule has 0 saturated heterocycles. The SMILES string of the molecule is CC(=O)Nc1ccc(NC2c3ccccc3C(=O)N2Cc2ccccc2)cc1. The molecule has 0 fully saturated rings. The summed E-state index contributed by atoms with van der Waals surface area (Å²) in [6, 6.07) is 25.2. The third kappa shape index (κ3) is 3.60. The number of carbonyl (C=O) groups is 2. The van der Waals surface area contributed by atoms with Crippen LogP contribution in [0.5, 0.6) is 0 Å². The number of nitrogens with one attached hydrogen (secondary N) is 2. The van der Waals surface area contributed by atoms with Gasteiger partial charge in [0.05, 0.1) is 0 Å². The zero-order chi connectivity index (χ0) is 19.5. The molecule has 5 heteroatoms. The van der Waals surface area contributed by atoms with Crippen LogP contribution in [0.1, 0.15) is 34.6 Å². The minimum Gasteiger partial charge on any atom is -0.361 e. The Bertz CT molecular complexity index is 1000. The van der Waals surface area contributed by atoms with E-state index in [1.165, 1.54) is 6.92 Å².